The molecule has 6 nitrogen and oxygen atoms in total. The van der Waals surface area contributed by atoms with Crippen LogP contribution in [0.3, 0.4) is 0 Å². The maximum atomic E-state index is 9.91. The van der Waals surface area contributed by atoms with E-state index in [0.717, 1.165) is 22.4 Å². The summed E-state index contributed by atoms with van der Waals surface area (Å²) in [5.74, 6) is 0.735. The lowest BCUT2D eigenvalue weighted by Gasteiger charge is -2.28. The first-order valence-corrected chi connectivity index (χ1v) is 9.82. The molecule has 1 aliphatic rings. The molecule has 152 valence electrons. The molecule has 3 N–H and O–H groups in total. The van der Waals surface area contributed by atoms with Gasteiger partial charge in [0.25, 0.3) is 0 Å². The average Bonchev–Trinajstić information content (AvgIpc) is 3.16. The number of hydrogen-bond acceptors (Lipinski definition) is 5. The van der Waals surface area contributed by atoms with E-state index in [1.807, 2.05) is 54.6 Å². The maximum absolute atomic E-state index is 9.91. The third-order valence-electron chi connectivity index (χ3n) is 5.16. The van der Waals surface area contributed by atoms with Crippen LogP contribution >= 0.6 is 0 Å². The molecule has 1 aromatic heterocycles. The number of aromatic amines is 1. The first kappa shape index (κ1) is 19.6. The van der Waals surface area contributed by atoms with E-state index in [9.17, 15) is 5.26 Å². The Morgan fingerprint density at radius 1 is 1.13 bits per heavy atom. The molecule has 0 radical (unpaired) electrons. The summed E-state index contributed by atoms with van der Waals surface area (Å²) in [5.41, 5.74) is 9.87. The number of nitrogens with zero attached hydrogens (tertiary/aromatic N) is 2. The van der Waals surface area contributed by atoms with Crippen molar-refractivity contribution in [1.82, 2.24) is 10.2 Å². The molecule has 0 aliphatic carbocycles. The second-order valence-electron chi connectivity index (χ2n) is 8.30. The van der Waals surface area contributed by atoms with Crippen molar-refractivity contribution in [2.75, 3.05) is 0 Å². The van der Waals surface area contributed by atoms with E-state index < -0.39 is 5.92 Å². The zero-order chi connectivity index (χ0) is 21.3. The number of nitrogens with one attached hydrogen (secondary N) is 1. The smallest absolute Gasteiger partial charge is 0.244 e. The lowest BCUT2D eigenvalue weighted by molar-refractivity contribution is 0.301. The molecular formula is C24H24N4O2. The highest BCUT2D eigenvalue weighted by molar-refractivity contribution is 5.59. The van der Waals surface area contributed by atoms with Crippen LogP contribution in [0.15, 0.2) is 66.1 Å². The number of nitriles is 1. The molecule has 0 fully saturated rings. The number of benzene rings is 2. The monoisotopic (exact) mass is 400 g/mol. The summed E-state index contributed by atoms with van der Waals surface area (Å²) in [7, 11) is 0. The van der Waals surface area contributed by atoms with Crippen molar-refractivity contribution in [3.63, 3.8) is 0 Å². The van der Waals surface area contributed by atoms with Gasteiger partial charge in [-0.25, -0.2) is 0 Å². The fourth-order valence-corrected chi connectivity index (χ4v) is 3.71. The molecule has 1 atom stereocenters. The van der Waals surface area contributed by atoms with Crippen LogP contribution in [-0.2, 0) is 12.0 Å². The first-order chi connectivity index (χ1) is 14.4. The number of nitrogens with two attached hydrogens (primary N) is 1. The molecule has 0 spiro atoms. The van der Waals surface area contributed by atoms with E-state index in [1.54, 1.807) is 0 Å². The Labute approximate surface area is 175 Å². The number of hydrogen-bond donors (Lipinski definition) is 2. The number of para-hydroxylation sites is 1. The van der Waals surface area contributed by atoms with Crippen LogP contribution in [0.25, 0.3) is 0 Å². The molecule has 3 aromatic rings. The molecule has 2 aromatic carbocycles. The number of aromatic nitrogens is 2. The van der Waals surface area contributed by atoms with Crippen LogP contribution < -0.4 is 15.2 Å². The summed E-state index contributed by atoms with van der Waals surface area (Å²) in [6.45, 7) is 6.68. The number of allylic oxidation sites excluding steroid dienone is 1. The van der Waals surface area contributed by atoms with Crippen molar-refractivity contribution in [3.05, 3.63) is 88.4 Å². The normalized spacial score (nSPS) is 15.9. The Morgan fingerprint density at radius 2 is 1.83 bits per heavy atom. The van der Waals surface area contributed by atoms with Gasteiger partial charge in [0.2, 0.25) is 11.8 Å². The van der Waals surface area contributed by atoms with Gasteiger partial charge in [0.15, 0.2) is 0 Å². The fraction of sp³-hybridized carbons (Fsp3) is 0.250. The van der Waals surface area contributed by atoms with Crippen LogP contribution in [0.4, 0.5) is 0 Å². The third-order valence-corrected chi connectivity index (χ3v) is 5.16. The van der Waals surface area contributed by atoms with Crippen LogP contribution in [0, 0.1) is 11.3 Å². The minimum atomic E-state index is -0.432. The minimum absolute atomic E-state index is 0.0693. The van der Waals surface area contributed by atoms with Gasteiger partial charge >= 0.3 is 0 Å². The lowest BCUT2D eigenvalue weighted by atomic mass is 9.78. The zero-order valence-corrected chi connectivity index (χ0v) is 17.3. The van der Waals surface area contributed by atoms with Crippen LogP contribution in [0.5, 0.6) is 11.6 Å². The van der Waals surface area contributed by atoms with E-state index in [1.165, 1.54) is 0 Å². The summed E-state index contributed by atoms with van der Waals surface area (Å²) in [6.07, 6.45) is 0. The molecule has 0 bridgehead atoms. The summed E-state index contributed by atoms with van der Waals surface area (Å²) >= 11 is 0. The average molecular weight is 400 g/mol. The molecule has 6 heteroatoms. The Morgan fingerprint density at radius 3 is 2.53 bits per heavy atom. The molecule has 0 saturated carbocycles. The topological polar surface area (TPSA) is 97.0 Å². The molecule has 1 aliphatic heterocycles. The minimum Gasteiger partial charge on any atom is -0.489 e. The Balaban J connectivity index is 1.82. The van der Waals surface area contributed by atoms with Crippen molar-refractivity contribution in [2.24, 2.45) is 5.73 Å². The molecule has 1 unspecified atom stereocenters. The molecular weight excluding hydrogens is 376 g/mol. The second-order valence-corrected chi connectivity index (χ2v) is 8.30. The van der Waals surface area contributed by atoms with E-state index in [2.05, 4.69) is 37.0 Å². The zero-order valence-electron chi connectivity index (χ0n) is 17.3. The van der Waals surface area contributed by atoms with Gasteiger partial charge in [-0.3, -0.25) is 5.10 Å². The summed E-state index contributed by atoms with van der Waals surface area (Å²) < 4.78 is 11.9. The Hall–Kier alpha value is -3.72. The fourth-order valence-electron chi connectivity index (χ4n) is 3.71. The molecule has 0 saturated heterocycles. The van der Waals surface area contributed by atoms with E-state index in [4.69, 9.17) is 15.2 Å². The largest absolute Gasteiger partial charge is 0.489 e. The standard InChI is InChI=1S/C24H24N4O2/c1-24(2,3)21-20-19(17(13-25)22(26)30-23(20)28-27-21)16-11-7-8-12-18(16)29-14-15-9-5-4-6-10-15/h4-12,19H,14,26H2,1-3H3,(H,27,28). The van der Waals surface area contributed by atoms with Crippen LogP contribution in [0.1, 0.15) is 49.1 Å². The van der Waals surface area contributed by atoms with Crippen molar-refractivity contribution in [3.8, 4) is 17.7 Å². The Bertz CT molecular complexity index is 1130. The predicted molar refractivity (Wildman–Crippen MR) is 114 cm³/mol. The molecule has 30 heavy (non-hydrogen) atoms. The van der Waals surface area contributed by atoms with Gasteiger partial charge in [0.05, 0.1) is 11.5 Å². The maximum Gasteiger partial charge on any atom is 0.244 e. The van der Waals surface area contributed by atoms with Gasteiger partial charge in [-0.05, 0) is 11.6 Å². The highest BCUT2D eigenvalue weighted by Crippen LogP contribution is 2.47. The number of rotatable bonds is 4. The molecule has 0 amide bonds. The summed E-state index contributed by atoms with van der Waals surface area (Å²) in [5, 5.41) is 17.3. The SMILES string of the molecule is CC(C)(C)c1[nH]nc2c1C(c1ccccc1OCc1ccccc1)C(C#N)=C(N)O2. The summed E-state index contributed by atoms with van der Waals surface area (Å²) in [6, 6.07) is 19.9. The highest BCUT2D eigenvalue weighted by atomic mass is 16.5. The highest BCUT2D eigenvalue weighted by Gasteiger charge is 2.39. The van der Waals surface area contributed by atoms with E-state index in [-0.39, 0.29) is 11.3 Å². The van der Waals surface area contributed by atoms with Crippen molar-refractivity contribution < 1.29 is 9.47 Å². The van der Waals surface area contributed by atoms with Gasteiger partial charge < -0.3 is 15.2 Å². The van der Waals surface area contributed by atoms with Gasteiger partial charge in [-0.15, -0.1) is 5.10 Å². The summed E-state index contributed by atoms with van der Waals surface area (Å²) in [4.78, 5) is 0. The van der Waals surface area contributed by atoms with Gasteiger partial charge in [0, 0.05) is 16.7 Å². The van der Waals surface area contributed by atoms with E-state index >= 15 is 0 Å². The lowest BCUT2D eigenvalue weighted by Crippen LogP contribution is -2.24. The number of ether oxygens (including phenoxy) is 2. The van der Waals surface area contributed by atoms with Crippen LogP contribution in [-0.4, -0.2) is 10.2 Å². The first-order valence-electron chi connectivity index (χ1n) is 9.82. The molecule has 2 heterocycles. The number of fused-ring (bicyclic) bond motifs is 1. The van der Waals surface area contributed by atoms with Gasteiger partial charge in [-0.2, -0.15) is 5.26 Å². The van der Waals surface area contributed by atoms with Crippen molar-refractivity contribution in [1.29, 1.82) is 5.26 Å². The van der Waals surface area contributed by atoms with Crippen molar-refractivity contribution in [2.45, 2.75) is 38.7 Å². The van der Waals surface area contributed by atoms with Crippen LogP contribution in [0.2, 0.25) is 0 Å². The predicted octanol–water partition coefficient (Wildman–Crippen LogP) is 4.50. The van der Waals surface area contributed by atoms with Crippen molar-refractivity contribution >= 4 is 0 Å². The number of H-pyrrole nitrogens is 1. The second kappa shape index (κ2) is 7.60. The van der Waals surface area contributed by atoms with E-state index in [0.29, 0.717) is 23.8 Å². The Kier molecular flexibility index (Phi) is 4.96. The third kappa shape index (κ3) is 3.50. The quantitative estimate of drug-likeness (QED) is 0.672. The van der Waals surface area contributed by atoms with Gasteiger partial charge in [0.1, 0.15) is 24.0 Å². The molecule has 4 rings (SSSR count). The van der Waals surface area contributed by atoms with Gasteiger partial charge in [-0.1, -0.05) is 69.3 Å².